The van der Waals surface area contributed by atoms with Crippen molar-refractivity contribution in [2.75, 3.05) is 19.8 Å². The van der Waals surface area contributed by atoms with Crippen LogP contribution in [0.25, 0.3) is 0 Å². The first-order valence-electron chi connectivity index (χ1n) is 12.8. The van der Waals surface area contributed by atoms with Gasteiger partial charge in [0.2, 0.25) is 11.8 Å². The molecule has 3 fully saturated rings. The van der Waals surface area contributed by atoms with Gasteiger partial charge in [0, 0.05) is 17.3 Å². The fraction of sp³-hybridized carbons (Fsp3) is 0.607. The van der Waals surface area contributed by atoms with Crippen molar-refractivity contribution in [3.8, 4) is 0 Å². The number of thioether (sulfide) groups is 1. The number of aliphatic hydroxyl groups excluding tert-OH is 1. The third-order valence-corrected chi connectivity index (χ3v) is 9.79. The zero-order valence-corrected chi connectivity index (χ0v) is 22.5. The second-order valence-electron chi connectivity index (χ2n) is 11.0. The maximum absolute atomic E-state index is 14.4. The van der Waals surface area contributed by atoms with E-state index in [1.165, 1.54) is 0 Å². The third-order valence-electron chi connectivity index (χ3n) is 7.84. The van der Waals surface area contributed by atoms with Gasteiger partial charge < -0.3 is 19.6 Å². The zero-order chi connectivity index (χ0) is 26.3. The molecule has 0 aromatic heterocycles. The molecule has 2 amide bonds. The maximum Gasteiger partial charge on any atom is 0.310 e. The number of amides is 2. The lowest BCUT2D eigenvalue weighted by Gasteiger charge is -2.43. The Morgan fingerprint density at radius 1 is 1.33 bits per heavy atom. The molecule has 1 aromatic rings. The lowest BCUT2D eigenvalue weighted by Crippen LogP contribution is -2.60. The predicted octanol–water partition coefficient (Wildman–Crippen LogP) is 3.06. The summed E-state index contributed by atoms with van der Waals surface area (Å²) in [5.41, 5.74) is 0.479. The minimum absolute atomic E-state index is 0.0420. The standard InChI is InChI=1S/C28H38N2O5S/c1-6-15-29(27(3,4)5)25(33)23-28-14-13-20(36-28)21(26(34)35-7-2)22(28)24(32)30(23)19(17-31)16-18-11-9-8-10-12-18/h6,8-12,19-23,31H,1,7,13-17H2,2-5H3/t19-,20+,21-,22+,23?,28?/m1/s1. The van der Waals surface area contributed by atoms with Crippen LogP contribution in [-0.4, -0.2) is 80.1 Å². The van der Waals surface area contributed by atoms with Crippen LogP contribution in [0.1, 0.15) is 46.1 Å². The molecule has 2 unspecified atom stereocenters. The van der Waals surface area contributed by atoms with Crippen molar-refractivity contribution in [2.24, 2.45) is 11.8 Å². The Labute approximate surface area is 218 Å². The van der Waals surface area contributed by atoms with Crippen LogP contribution in [0.2, 0.25) is 0 Å². The number of rotatable bonds is 9. The van der Waals surface area contributed by atoms with Gasteiger partial charge in [0.05, 0.1) is 35.8 Å². The molecule has 3 saturated heterocycles. The largest absolute Gasteiger partial charge is 0.466 e. The number of ether oxygens (including phenoxy) is 1. The molecule has 1 spiro atoms. The van der Waals surface area contributed by atoms with E-state index in [-0.39, 0.29) is 36.2 Å². The minimum Gasteiger partial charge on any atom is -0.466 e. The van der Waals surface area contributed by atoms with Crippen LogP contribution in [0.15, 0.2) is 43.0 Å². The monoisotopic (exact) mass is 514 g/mol. The van der Waals surface area contributed by atoms with Crippen molar-refractivity contribution in [1.82, 2.24) is 9.80 Å². The van der Waals surface area contributed by atoms with Crippen LogP contribution in [0.3, 0.4) is 0 Å². The lowest BCUT2D eigenvalue weighted by atomic mass is 9.71. The highest BCUT2D eigenvalue weighted by atomic mass is 32.2. The predicted molar refractivity (Wildman–Crippen MR) is 140 cm³/mol. The highest BCUT2D eigenvalue weighted by Crippen LogP contribution is 2.67. The van der Waals surface area contributed by atoms with E-state index in [0.29, 0.717) is 19.4 Å². The zero-order valence-electron chi connectivity index (χ0n) is 21.7. The number of esters is 1. The van der Waals surface area contributed by atoms with Gasteiger partial charge in [0.1, 0.15) is 6.04 Å². The Balaban J connectivity index is 1.81. The lowest BCUT2D eigenvalue weighted by molar-refractivity contribution is -0.154. The SMILES string of the molecule is C=CCN(C(=O)C1N([C@@H](CO)Cc2ccccc2)C(=O)[C@@H]2[C@H](C(=O)OCC)[C@@H]3CCC12S3)C(C)(C)C. The molecule has 36 heavy (non-hydrogen) atoms. The number of benzene rings is 1. The van der Waals surface area contributed by atoms with Crippen LogP contribution < -0.4 is 0 Å². The van der Waals surface area contributed by atoms with Crippen LogP contribution in [-0.2, 0) is 25.5 Å². The average molecular weight is 515 g/mol. The molecule has 0 saturated carbocycles. The Hall–Kier alpha value is -2.32. The Bertz CT molecular complexity index is 1010. The summed E-state index contributed by atoms with van der Waals surface area (Å²) < 4.78 is 4.69. The van der Waals surface area contributed by atoms with Gasteiger partial charge in [-0.15, -0.1) is 18.3 Å². The number of nitrogens with zero attached hydrogens (tertiary/aromatic N) is 2. The van der Waals surface area contributed by atoms with E-state index in [1.807, 2.05) is 51.1 Å². The van der Waals surface area contributed by atoms with E-state index >= 15 is 0 Å². The number of hydrogen-bond acceptors (Lipinski definition) is 6. The molecular weight excluding hydrogens is 476 g/mol. The quantitative estimate of drug-likeness (QED) is 0.403. The molecule has 196 valence electrons. The topological polar surface area (TPSA) is 87.2 Å². The maximum atomic E-state index is 14.4. The molecule has 6 atom stereocenters. The fourth-order valence-electron chi connectivity index (χ4n) is 6.38. The summed E-state index contributed by atoms with van der Waals surface area (Å²) in [4.78, 5) is 45.1. The van der Waals surface area contributed by atoms with Gasteiger partial charge in [0.25, 0.3) is 0 Å². The molecule has 0 aliphatic carbocycles. The molecule has 7 nitrogen and oxygen atoms in total. The molecule has 3 aliphatic rings. The van der Waals surface area contributed by atoms with Crippen molar-refractivity contribution in [2.45, 2.75) is 74.6 Å². The summed E-state index contributed by atoms with van der Waals surface area (Å²) in [7, 11) is 0. The van der Waals surface area contributed by atoms with Gasteiger partial charge in [-0.25, -0.2) is 0 Å². The van der Waals surface area contributed by atoms with Gasteiger partial charge >= 0.3 is 5.97 Å². The van der Waals surface area contributed by atoms with Gasteiger partial charge in [-0.3, -0.25) is 14.4 Å². The van der Waals surface area contributed by atoms with Gasteiger partial charge in [-0.1, -0.05) is 36.4 Å². The molecule has 3 heterocycles. The normalized spacial score (nSPS) is 29.7. The molecule has 2 bridgehead atoms. The third kappa shape index (κ3) is 4.36. The van der Waals surface area contributed by atoms with Crippen molar-refractivity contribution in [3.05, 3.63) is 48.6 Å². The van der Waals surface area contributed by atoms with E-state index in [1.54, 1.807) is 34.6 Å². The smallest absolute Gasteiger partial charge is 0.310 e. The molecular formula is C28H38N2O5S. The van der Waals surface area contributed by atoms with E-state index in [9.17, 15) is 19.5 Å². The van der Waals surface area contributed by atoms with E-state index in [4.69, 9.17) is 4.74 Å². The second kappa shape index (κ2) is 10.2. The van der Waals surface area contributed by atoms with E-state index in [2.05, 4.69) is 6.58 Å². The number of carbonyl (C=O) groups excluding carboxylic acids is 3. The van der Waals surface area contributed by atoms with Gasteiger partial charge in [-0.05, 0) is 52.5 Å². The molecule has 3 aliphatic heterocycles. The van der Waals surface area contributed by atoms with Crippen LogP contribution in [0, 0.1) is 11.8 Å². The molecule has 1 N–H and O–H groups in total. The first-order valence-corrected chi connectivity index (χ1v) is 13.7. The Morgan fingerprint density at radius 2 is 2.03 bits per heavy atom. The van der Waals surface area contributed by atoms with Crippen molar-refractivity contribution in [1.29, 1.82) is 0 Å². The van der Waals surface area contributed by atoms with E-state index in [0.717, 1.165) is 12.0 Å². The summed E-state index contributed by atoms with van der Waals surface area (Å²) in [6.45, 7) is 11.8. The molecule has 0 radical (unpaired) electrons. The molecule has 4 rings (SSSR count). The number of hydrogen-bond donors (Lipinski definition) is 1. The fourth-order valence-corrected chi connectivity index (χ4v) is 8.57. The van der Waals surface area contributed by atoms with E-state index < -0.39 is 34.2 Å². The average Bonchev–Trinajstić information content (AvgIpc) is 3.48. The highest BCUT2D eigenvalue weighted by molar-refractivity contribution is 8.02. The summed E-state index contributed by atoms with van der Waals surface area (Å²) in [6, 6.07) is 8.33. The van der Waals surface area contributed by atoms with Crippen molar-refractivity contribution < 1.29 is 24.2 Å². The summed E-state index contributed by atoms with van der Waals surface area (Å²) in [5, 5.41) is 10.5. The van der Waals surface area contributed by atoms with Crippen LogP contribution >= 0.6 is 11.8 Å². The van der Waals surface area contributed by atoms with Gasteiger partial charge in [0.15, 0.2) is 0 Å². The highest BCUT2D eigenvalue weighted by Gasteiger charge is 2.75. The number of fused-ring (bicyclic) bond motifs is 1. The van der Waals surface area contributed by atoms with Crippen LogP contribution in [0.4, 0.5) is 0 Å². The molecule has 8 heteroatoms. The Morgan fingerprint density at radius 3 is 2.61 bits per heavy atom. The Kier molecular flexibility index (Phi) is 7.58. The van der Waals surface area contributed by atoms with Crippen LogP contribution in [0.5, 0.6) is 0 Å². The molecule has 1 aromatic carbocycles. The summed E-state index contributed by atoms with van der Waals surface area (Å²) in [6.07, 6.45) is 3.56. The van der Waals surface area contributed by atoms with Crippen molar-refractivity contribution >= 4 is 29.5 Å². The number of carbonyl (C=O) groups is 3. The summed E-state index contributed by atoms with van der Waals surface area (Å²) in [5.74, 6) is -1.93. The van der Waals surface area contributed by atoms with Crippen molar-refractivity contribution in [3.63, 3.8) is 0 Å². The summed E-state index contributed by atoms with van der Waals surface area (Å²) >= 11 is 1.62. The minimum atomic E-state index is -0.774. The first-order chi connectivity index (χ1) is 17.1. The van der Waals surface area contributed by atoms with Gasteiger partial charge in [-0.2, -0.15) is 0 Å². The second-order valence-corrected chi connectivity index (χ2v) is 12.6. The number of aliphatic hydroxyl groups is 1. The number of likely N-dealkylation sites (tertiary alicyclic amines) is 1. The first kappa shape index (κ1) is 26.7.